The van der Waals surface area contributed by atoms with Crippen LogP contribution in [0.15, 0.2) is 36.5 Å². The SMILES string of the molecule is NCC1CN(c2ccc(-c3ccc(C4CC4)nc3)c(F)c2)C(=O)O1. The highest BCUT2D eigenvalue weighted by atomic mass is 19.1. The lowest BCUT2D eigenvalue weighted by Gasteiger charge is -2.14. The number of carbonyl (C=O) groups excluding carboxylic acids is 1. The van der Waals surface area contributed by atoms with Gasteiger partial charge in [-0.15, -0.1) is 0 Å². The van der Waals surface area contributed by atoms with E-state index in [4.69, 9.17) is 10.5 Å². The Bertz CT molecular complexity index is 774. The van der Waals surface area contributed by atoms with E-state index in [0.29, 0.717) is 23.7 Å². The predicted octanol–water partition coefficient (Wildman–Crippen LogP) is 3.05. The van der Waals surface area contributed by atoms with Gasteiger partial charge in [-0.3, -0.25) is 9.88 Å². The molecule has 1 saturated carbocycles. The molecule has 24 heavy (non-hydrogen) atoms. The van der Waals surface area contributed by atoms with E-state index in [1.54, 1.807) is 18.3 Å². The molecule has 5 nitrogen and oxygen atoms in total. The summed E-state index contributed by atoms with van der Waals surface area (Å²) in [5.74, 6) is 0.181. The molecule has 1 amide bonds. The molecule has 0 radical (unpaired) electrons. The van der Waals surface area contributed by atoms with Gasteiger partial charge in [-0.2, -0.15) is 0 Å². The van der Waals surface area contributed by atoms with Gasteiger partial charge in [0.25, 0.3) is 0 Å². The first-order valence-corrected chi connectivity index (χ1v) is 8.10. The number of hydrogen-bond acceptors (Lipinski definition) is 4. The summed E-state index contributed by atoms with van der Waals surface area (Å²) in [4.78, 5) is 17.7. The van der Waals surface area contributed by atoms with Crippen molar-refractivity contribution in [3.05, 3.63) is 48.0 Å². The van der Waals surface area contributed by atoms with Crippen molar-refractivity contribution in [2.45, 2.75) is 24.9 Å². The molecule has 2 N–H and O–H groups in total. The van der Waals surface area contributed by atoms with Crippen molar-refractivity contribution in [1.29, 1.82) is 0 Å². The largest absolute Gasteiger partial charge is 0.443 e. The van der Waals surface area contributed by atoms with E-state index in [1.165, 1.54) is 23.8 Å². The number of anilines is 1. The number of ether oxygens (including phenoxy) is 1. The molecule has 0 bridgehead atoms. The van der Waals surface area contributed by atoms with Crippen LogP contribution >= 0.6 is 0 Å². The smallest absolute Gasteiger partial charge is 0.414 e. The molecule has 1 aromatic carbocycles. The molecular formula is C18H18FN3O2. The van der Waals surface area contributed by atoms with Gasteiger partial charge in [-0.1, -0.05) is 6.07 Å². The fourth-order valence-electron chi connectivity index (χ4n) is 2.95. The molecule has 6 heteroatoms. The van der Waals surface area contributed by atoms with Crippen molar-refractivity contribution in [2.75, 3.05) is 18.0 Å². The Morgan fingerprint density at radius 1 is 1.29 bits per heavy atom. The Hall–Kier alpha value is -2.47. The van der Waals surface area contributed by atoms with Gasteiger partial charge >= 0.3 is 6.09 Å². The third kappa shape index (κ3) is 2.73. The lowest BCUT2D eigenvalue weighted by atomic mass is 10.1. The van der Waals surface area contributed by atoms with Crippen LogP contribution in [-0.2, 0) is 4.74 Å². The van der Waals surface area contributed by atoms with Crippen LogP contribution in [0.25, 0.3) is 11.1 Å². The number of hydrogen-bond donors (Lipinski definition) is 1. The minimum absolute atomic E-state index is 0.252. The van der Waals surface area contributed by atoms with Gasteiger partial charge in [0.2, 0.25) is 0 Å². The van der Waals surface area contributed by atoms with E-state index >= 15 is 0 Å². The highest BCUT2D eigenvalue weighted by molar-refractivity contribution is 5.90. The summed E-state index contributed by atoms with van der Waals surface area (Å²) < 4.78 is 19.6. The maximum atomic E-state index is 14.5. The Morgan fingerprint density at radius 3 is 2.71 bits per heavy atom. The molecule has 1 saturated heterocycles. The van der Waals surface area contributed by atoms with E-state index in [0.717, 1.165) is 11.3 Å². The molecule has 1 atom stereocenters. The molecule has 2 aliphatic rings. The Morgan fingerprint density at radius 2 is 2.12 bits per heavy atom. The zero-order valence-corrected chi connectivity index (χ0v) is 13.1. The fraction of sp³-hybridized carbons (Fsp3) is 0.333. The van der Waals surface area contributed by atoms with Crippen LogP contribution in [0.4, 0.5) is 14.9 Å². The van der Waals surface area contributed by atoms with Gasteiger partial charge in [-0.05, 0) is 37.1 Å². The van der Waals surface area contributed by atoms with E-state index in [2.05, 4.69) is 4.98 Å². The van der Waals surface area contributed by atoms with E-state index in [1.807, 2.05) is 12.1 Å². The topological polar surface area (TPSA) is 68.5 Å². The predicted molar refractivity (Wildman–Crippen MR) is 88.3 cm³/mol. The number of nitrogens with zero attached hydrogens (tertiary/aromatic N) is 2. The van der Waals surface area contributed by atoms with Gasteiger partial charge in [0.05, 0.1) is 12.2 Å². The number of cyclic esters (lactones) is 1. The van der Waals surface area contributed by atoms with Gasteiger partial charge in [0.15, 0.2) is 0 Å². The lowest BCUT2D eigenvalue weighted by molar-refractivity contribution is 0.145. The first-order valence-electron chi connectivity index (χ1n) is 8.10. The summed E-state index contributed by atoms with van der Waals surface area (Å²) in [6.45, 7) is 0.591. The molecule has 2 fully saturated rings. The molecule has 1 aliphatic heterocycles. The molecule has 1 aromatic heterocycles. The summed E-state index contributed by atoms with van der Waals surface area (Å²) in [7, 11) is 0. The zero-order valence-electron chi connectivity index (χ0n) is 13.1. The average molecular weight is 327 g/mol. The van der Waals surface area contributed by atoms with Crippen molar-refractivity contribution in [2.24, 2.45) is 5.73 Å². The van der Waals surface area contributed by atoms with Crippen LogP contribution in [0.1, 0.15) is 24.5 Å². The number of pyridine rings is 1. The van der Waals surface area contributed by atoms with Crippen LogP contribution < -0.4 is 10.6 Å². The summed E-state index contributed by atoms with van der Waals surface area (Å²) in [5.41, 5.74) is 8.26. The lowest BCUT2D eigenvalue weighted by Crippen LogP contribution is -2.27. The van der Waals surface area contributed by atoms with Crippen molar-refractivity contribution in [1.82, 2.24) is 4.98 Å². The molecule has 4 rings (SSSR count). The molecular weight excluding hydrogens is 309 g/mol. The number of halogens is 1. The van der Waals surface area contributed by atoms with Crippen LogP contribution in [-0.4, -0.2) is 30.3 Å². The standard InChI is InChI=1S/C18H18FN3O2/c19-16-7-13(22-10-14(8-20)24-18(22)23)4-5-15(16)12-3-6-17(21-9-12)11-1-2-11/h3-7,9,11,14H,1-2,8,10,20H2. The fourth-order valence-corrected chi connectivity index (χ4v) is 2.95. The Labute approximate surface area is 139 Å². The molecule has 1 aliphatic carbocycles. The molecule has 124 valence electrons. The number of aromatic nitrogens is 1. The van der Waals surface area contributed by atoms with E-state index in [-0.39, 0.29) is 12.6 Å². The van der Waals surface area contributed by atoms with Gasteiger partial charge in [0, 0.05) is 35.5 Å². The Balaban J connectivity index is 1.58. The van der Waals surface area contributed by atoms with Crippen LogP contribution in [0.5, 0.6) is 0 Å². The van der Waals surface area contributed by atoms with E-state index in [9.17, 15) is 9.18 Å². The zero-order chi connectivity index (χ0) is 16.7. The number of carbonyl (C=O) groups is 1. The first-order chi connectivity index (χ1) is 11.7. The number of amides is 1. The number of benzene rings is 1. The second kappa shape index (κ2) is 5.87. The molecule has 1 unspecified atom stereocenters. The maximum absolute atomic E-state index is 14.5. The van der Waals surface area contributed by atoms with Crippen molar-refractivity contribution in [3.8, 4) is 11.1 Å². The normalized spacial score (nSPS) is 20.3. The minimum Gasteiger partial charge on any atom is -0.443 e. The van der Waals surface area contributed by atoms with Gasteiger partial charge in [0.1, 0.15) is 11.9 Å². The number of nitrogens with two attached hydrogens (primary N) is 1. The average Bonchev–Trinajstić information content (AvgIpc) is 3.37. The highest BCUT2D eigenvalue weighted by Crippen LogP contribution is 2.39. The summed E-state index contributed by atoms with van der Waals surface area (Å²) >= 11 is 0. The van der Waals surface area contributed by atoms with Gasteiger partial charge < -0.3 is 10.5 Å². The second-order valence-electron chi connectivity index (χ2n) is 6.26. The van der Waals surface area contributed by atoms with E-state index < -0.39 is 11.9 Å². The van der Waals surface area contributed by atoms with Gasteiger partial charge in [-0.25, -0.2) is 9.18 Å². The molecule has 2 heterocycles. The van der Waals surface area contributed by atoms with Crippen molar-refractivity contribution < 1.29 is 13.9 Å². The number of rotatable bonds is 4. The summed E-state index contributed by atoms with van der Waals surface area (Å²) in [5, 5.41) is 0. The van der Waals surface area contributed by atoms with Crippen LogP contribution in [0.3, 0.4) is 0 Å². The third-order valence-corrected chi connectivity index (χ3v) is 4.49. The van der Waals surface area contributed by atoms with Crippen LogP contribution in [0, 0.1) is 5.82 Å². The quantitative estimate of drug-likeness (QED) is 0.937. The molecule has 2 aromatic rings. The molecule has 0 spiro atoms. The third-order valence-electron chi connectivity index (χ3n) is 4.49. The summed E-state index contributed by atoms with van der Waals surface area (Å²) in [6.07, 6.45) is 3.24. The van der Waals surface area contributed by atoms with Crippen molar-refractivity contribution >= 4 is 11.8 Å². The Kier molecular flexibility index (Phi) is 3.69. The summed E-state index contributed by atoms with van der Waals surface area (Å²) in [6, 6.07) is 8.59. The highest BCUT2D eigenvalue weighted by Gasteiger charge is 2.31. The first kappa shape index (κ1) is 15.1. The maximum Gasteiger partial charge on any atom is 0.414 e. The van der Waals surface area contributed by atoms with Crippen LogP contribution in [0.2, 0.25) is 0 Å². The monoisotopic (exact) mass is 327 g/mol. The second-order valence-corrected chi connectivity index (χ2v) is 6.26. The van der Waals surface area contributed by atoms with Crippen molar-refractivity contribution in [3.63, 3.8) is 0 Å². The minimum atomic E-state index is -0.493.